The molecule has 17 heavy (non-hydrogen) atoms. The van der Waals surface area contributed by atoms with Gasteiger partial charge in [0.05, 0.1) is 13.2 Å². The van der Waals surface area contributed by atoms with Crippen LogP contribution in [0.1, 0.15) is 20.3 Å². The molecule has 1 aliphatic heterocycles. The molecular formula is C12H25N3O2. The molecule has 1 rings (SSSR count). The quantitative estimate of drug-likeness (QED) is 0.701. The average molecular weight is 243 g/mol. The lowest BCUT2D eigenvalue weighted by Crippen LogP contribution is -2.46. The summed E-state index contributed by atoms with van der Waals surface area (Å²) < 4.78 is 5.21. The van der Waals surface area contributed by atoms with E-state index in [9.17, 15) is 4.79 Å². The molecule has 1 N–H and O–H groups in total. The normalized spacial score (nSPS) is 16.3. The Balaban J connectivity index is 2.07. The van der Waals surface area contributed by atoms with E-state index in [1.807, 2.05) is 4.90 Å². The monoisotopic (exact) mass is 243 g/mol. The fraction of sp³-hybridized carbons (Fsp3) is 0.917. The lowest BCUT2D eigenvalue weighted by molar-refractivity contribution is 0.0532. The fourth-order valence-corrected chi connectivity index (χ4v) is 1.92. The van der Waals surface area contributed by atoms with Crippen molar-refractivity contribution in [3.8, 4) is 0 Å². The van der Waals surface area contributed by atoms with Crippen molar-refractivity contribution in [3.63, 3.8) is 0 Å². The Labute approximate surface area is 104 Å². The van der Waals surface area contributed by atoms with Crippen LogP contribution in [-0.4, -0.2) is 68.3 Å². The first kappa shape index (κ1) is 14.3. The molecule has 0 aliphatic carbocycles. The predicted octanol–water partition coefficient (Wildman–Crippen LogP) is 0.760. The Hall–Kier alpha value is -0.810. The van der Waals surface area contributed by atoms with Crippen LogP contribution in [0.4, 0.5) is 4.79 Å². The summed E-state index contributed by atoms with van der Waals surface area (Å²) >= 11 is 0. The number of hydrogen-bond acceptors (Lipinski definition) is 3. The third kappa shape index (κ3) is 5.37. The molecule has 1 aliphatic rings. The number of rotatable bonds is 6. The number of morpholine rings is 1. The van der Waals surface area contributed by atoms with Crippen LogP contribution < -0.4 is 5.32 Å². The number of carbonyl (C=O) groups excluding carboxylic acids is 1. The summed E-state index contributed by atoms with van der Waals surface area (Å²) in [5.41, 5.74) is 0. The van der Waals surface area contributed by atoms with Gasteiger partial charge in [-0.2, -0.15) is 0 Å². The van der Waals surface area contributed by atoms with E-state index in [0.717, 1.165) is 32.6 Å². The van der Waals surface area contributed by atoms with Crippen LogP contribution in [0.25, 0.3) is 0 Å². The summed E-state index contributed by atoms with van der Waals surface area (Å²) in [7, 11) is 0. The van der Waals surface area contributed by atoms with E-state index in [0.29, 0.717) is 26.3 Å². The zero-order valence-corrected chi connectivity index (χ0v) is 11.1. The average Bonchev–Trinajstić information content (AvgIpc) is 2.40. The smallest absolute Gasteiger partial charge is 0.317 e. The highest BCUT2D eigenvalue weighted by Crippen LogP contribution is 1.97. The van der Waals surface area contributed by atoms with Crippen molar-refractivity contribution in [2.75, 3.05) is 52.5 Å². The Morgan fingerprint density at radius 2 is 1.94 bits per heavy atom. The Bertz CT molecular complexity index is 214. The van der Waals surface area contributed by atoms with E-state index in [4.69, 9.17) is 4.74 Å². The number of ether oxygens (including phenoxy) is 1. The van der Waals surface area contributed by atoms with Gasteiger partial charge in [-0.05, 0) is 26.1 Å². The molecule has 0 saturated carbocycles. The number of hydrogen-bond donors (Lipinski definition) is 1. The van der Waals surface area contributed by atoms with Gasteiger partial charge in [0.15, 0.2) is 0 Å². The van der Waals surface area contributed by atoms with Crippen LogP contribution in [0, 0.1) is 0 Å². The van der Waals surface area contributed by atoms with Crippen molar-refractivity contribution in [2.45, 2.75) is 20.3 Å². The summed E-state index contributed by atoms with van der Waals surface area (Å²) in [6.45, 7) is 11.0. The van der Waals surface area contributed by atoms with Crippen LogP contribution in [0.3, 0.4) is 0 Å². The first-order valence-corrected chi connectivity index (χ1v) is 6.60. The minimum Gasteiger partial charge on any atom is -0.378 e. The molecule has 2 amide bonds. The molecule has 1 saturated heterocycles. The van der Waals surface area contributed by atoms with Gasteiger partial charge in [0.1, 0.15) is 0 Å². The van der Waals surface area contributed by atoms with Crippen LogP contribution in [0.2, 0.25) is 0 Å². The molecule has 0 bridgehead atoms. The lowest BCUT2D eigenvalue weighted by atomic mass is 10.3. The number of urea groups is 1. The SMILES string of the molecule is CCN(CC)CCCNC(=O)N1CCOCC1. The second-order valence-electron chi connectivity index (χ2n) is 4.21. The molecule has 0 aromatic carbocycles. The summed E-state index contributed by atoms with van der Waals surface area (Å²) in [6.07, 6.45) is 1.01. The van der Waals surface area contributed by atoms with Crippen LogP contribution >= 0.6 is 0 Å². The number of nitrogens with zero attached hydrogens (tertiary/aromatic N) is 2. The van der Waals surface area contributed by atoms with Gasteiger partial charge in [0.25, 0.3) is 0 Å². The molecule has 0 unspecified atom stereocenters. The van der Waals surface area contributed by atoms with Crippen molar-refractivity contribution in [1.29, 1.82) is 0 Å². The minimum absolute atomic E-state index is 0.0489. The van der Waals surface area contributed by atoms with Crippen molar-refractivity contribution < 1.29 is 9.53 Å². The molecule has 0 aromatic rings. The number of amides is 2. The van der Waals surface area contributed by atoms with Gasteiger partial charge < -0.3 is 19.9 Å². The van der Waals surface area contributed by atoms with Crippen molar-refractivity contribution in [1.82, 2.24) is 15.1 Å². The maximum Gasteiger partial charge on any atom is 0.317 e. The van der Waals surface area contributed by atoms with E-state index in [1.165, 1.54) is 0 Å². The van der Waals surface area contributed by atoms with Gasteiger partial charge in [-0.25, -0.2) is 4.79 Å². The molecule has 0 radical (unpaired) electrons. The van der Waals surface area contributed by atoms with E-state index in [2.05, 4.69) is 24.1 Å². The third-order valence-corrected chi connectivity index (χ3v) is 3.12. The van der Waals surface area contributed by atoms with Gasteiger partial charge in [0.2, 0.25) is 0 Å². The lowest BCUT2D eigenvalue weighted by Gasteiger charge is -2.27. The molecular weight excluding hydrogens is 218 g/mol. The molecule has 0 spiro atoms. The molecule has 0 atom stereocenters. The van der Waals surface area contributed by atoms with Gasteiger partial charge in [0, 0.05) is 19.6 Å². The Morgan fingerprint density at radius 1 is 1.29 bits per heavy atom. The zero-order chi connectivity index (χ0) is 12.5. The van der Waals surface area contributed by atoms with E-state index < -0.39 is 0 Å². The largest absolute Gasteiger partial charge is 0.378 e. The second kappa shape index (κ2) is 8.31. The van der Waals surface area contributed by atoms with Crippen LogP contribution in [0.15, 0.2) is 0 Å². The van der Waals surface area contributed by atoms with Gasteiger partial charge in [-0.15, -0.1) is 0 Å². The maximum absolute atomic E-state index is 11.7. The first-order chi connectivity index (χ1) is 8.27. The highest BCUT2D eigenvalue weighted by molar-refractivity contribution is 5.74. The Kier molecular flexibility index (Phi) is 6.96. The van der Waals surface area contributed by atoms with Crippen molar-refractivity contribution in [2.24, 2.45) is 0 Å². The zero-order valence-electron chi connectivity index (χ0n) is 11.1. The van der Waals surface area contributed by atoms with E-state index >= 15 is 0 Å². The summed E-state index contributed by atoms with van der Waals surface area (Å²) in [5, 5.41) is 2.96. The maximum atomic E-state index is 11.7. The molecule has 5 nitrogen and oxygen atoms in total. The van der Waals surface area contributed by atoms with E-state index in [1.54, 1.807) is 0 Å². The van der Waals surface area contributed by atoms with Gasteiger partial charge in [-0.3, -0.25) is 0 Å². The molecule has 0 aromatic heterocycles. The highest BCUT2D eigenvalue weighted by Gasteiger charge is 2.15. The third-order valence-electron chi connectivity index (χ3n) is 3.12. The van der Waals surface area contributed by atoms with Crippen molar-refractivity contribution in [3.05, 3.63) is 0 Å². The molecule has 1 fully saturated rings. The summed E-state index contributed by atoms with van der Waals surface area (Å²) in [4.78, 5) is 15.9. The molecule has 1 heterocycles. The summed E-state index contributed by atoms with van der Waals surface area (Å²) in [5.74, 6) is 0. The minimum atomic E-state index is 0.0489. The van der Waals surface area contributed by atoms with Gasteiger partial charge >= 0.3 is 6.03 Å². The van der Waals surface area contributed by atoms with Crippen molar-refractivity contribution >= 4 is 6.03 Å². The number of nitrogens with one attached hydrogen (secondary N) is 1. The number of carbonyl (C=O) groups is 1. The summed E-state index contributed by atoms with van der Waals surface area (Å²) in [6, 6.07) is 0.0489. The molecule has 5 heteroatoms. The fourth-order valence-electron chi connectivity index (χ4n) is 1.92. The predicted molar refractivity (Wildman–Crippen MR) is 68.2 cm³/mol. The van der Waals surface area contributed by atoms with E-state index in [-0.39, 0.29) is 6.03 Å². The highest BCUT2D eigenvalue weighted by atomic mass is 16.5. The topological polar surface area (TPSA) is 44.8 Å². The molecule has 100 valence electrons. The van der Waals surface area contributed by atoms with Gasteiger partial charge in [-0.1, -0.05) is 13.8 Å². The van der Waals surface area contributed by atoms with Crippen LogP contribution in [0.5, 0.6) is 0 Å². The first-order valence-electron chi connectivity index (χ1n) is 6.60. The van der Waals surface area contributed by atoms with Crippen LogP contribution in [-0.2, 0) is 4.74 Å². The second-order valence-corrected chi connectivity index (χ2v) is 4.21. The standard InChI is InChI=1S/C12H25N3O2/c1-3-14(4-2)7-5-6-13-12(16)15-8-10-17-11-9-15/h3-11H2,1-2H3,(H,13,16). The Morgan fingerprint density at radius 3 is 2.53 bits per heavy atom.